The lowest BCUT2D eigenvalue weighted by molar-refractivity contribution is -0.122. The molecule has 0 aliphatic heterocycles. The molecule has 1 aliphatic rings. The van der Waals surface area contributed by atoms with Gasteiger partial charge in [-0.25, -0.2) is 0 Å². The van der Waals surface area contributed by atoms with Gasteiger partial charge in [0.15, 0.2) is 0 Å². The summed E-state index contributed by atoms with van der Waals surface area (Å²) in [6, 6.07) is 8.98. The number of rotatable bonds is 5. The molecule has 3 heteroatoms. The normalized spacial score (nSPS) is 24.1. The molecule has 3 nitrogen and oxygen atoms in total. The highest BCUT2D eigenvalue weighted by molar-refractivity contribution is 5.82. The summed E-state index contributed by atoms with van der Waals surface area (Å²) in [5, 5.41) is 2.98. The zero-order valence-corrected chi connectivity index (χ0v) is 12.3. The molecule has 1 amide bonds. The zero-order chi connectivity index (χ0) is 14.4. The van der Waals surface area contributed by atoms with Crippen molar-refractivity contribution in [3.8, 4) is 0 Å². The summed E-state index contributed by atoms with van der Waals surface area (Å²) in [6.45, 7) is 3.08. The molecule has 0 heterocycles. The van der Waals surface area contributed by atoms with Crippen LogP contribution in [0.5, 0.6) is 0 Å². The van der Waals surface area contributed by atoms with Gasteiger partial charge in [0.1, 0.15) is 6.04 Å². The Morgan fingerprint density at radius 2 is 2.10 bits per heavy atom. The summed E-state index contributed by atoms with van der Waals surface area (Å²) in [7, 11) is 0. The molecule has 3 atom stereocenters. The van der Waals surface area contributed by atoms with Crippen LogP contribution in [0.1, 0.15) is 50.6 Å². The summed E-state index contributed by atoms with van der Waals surface area (Å²) in [5.41, 5.74) is 6.84. The second kappa shape index (κ2) is 7.44. The molecule has 0 saturated heterocycles. The predicted molar refractivity (Wildman–Crippen MR) is 82.1 cm³/mol. The molecule has 20 heavy (non-hydrogen) atoms. The smallest absolute Gasteiger partial charge is 0.241 e. The summed E-state index contributed by atoms with van der Waals surface area (Å²) >= 11 is 0. The molecular formula is C17H26N2O. The van der Waals surface area contributed by atoms with Gasteiger partial charge in [-0.2, -0.15) is 0 Å². The number of amides is 1. The summed E-state index contributed by atoms with van der Waals surface area (Å²) in [6.07, 6.45) is 6.40. The second-order valence-corrected chi connectivity index (χ2v) is 6.11. The minimum atomic E-state index is -0.554. The third-order valence-electron chi connectivity index (χ3n) is 4.34. The van der Waals surface area contributed by atoms with Gasteiger partial charge in [-0.05, 0) is 30.2 Å². The van der Waals surface area contributed by atoms with Gasteiger partial charge in [0.25, 0.3) is 0 Å². The molecule has 1 aliphatic carbocycles. The van der Waals surface area contributed by atoms with Crippen molar-refractivity contribution in [2.45, 2.75) is 45.1 Å². The highest BCUT2D eigenvalue weighted by atomic mass is 16.2. The number of hydrogen-bond donors (Lipinski definition) is 2. The van der Waals surface area contributed by atoms with E-state index in [1.807, 2.05) is 30.3 Å². The van der Waals surface area contributed by atoms with Crippen LogP contribution in [0.25, 0.3) is 0 Å². The van der Waals surface area contributed by atoms with Gasteiger partial charge in [-0.1, -0.05) is 56.5 Å². The Labute approximate surface area is 121 Å². The number of carbonyl (C=O) groups is 1. The topological polar surface area (TPSA) is 55.1 Å². The van der Waals surface area contributed by atoms with Crippen molar-refractivity contribution in [3.63, 3.8) is 0 Å². The molecular weight excluding hydrogens is 248 g/mol. The van der Waals surface area contributed by atoms with E-state index in [0.717, 1.165) is 30.4 Å². The van der Waals surface area contributed by atoms with Gasteiger partial charge in [0.2, 0.25) is 5.91 Å². The maximum atomic E-state index is 12.0. The van der Waals surface area contributed by atoms with Gasteiger partial charge in [-0.3, -0.25) is 4.79 Å². The van der Waals surface area contributed by atoms with E-state index in [1.165, 1.54) is 25.7 Å². The standard InChI is InChI=1S/C17H26N2O/c1-13-6-5-7-14(12-13)10-11-19-17(20)16(18)15-8-3-2-4-9-15/h2-4,8-9,13-14,16H,5-7,10-12,18H2,1H3,(H,19,20)/t13?,14?,16-/m1/s1. The van der Waals surface area contributed by atoms with Gasteiger partial charge >= 0.3 is 0 Å². The second-order valence-electron chi connectivity index (χ2n) is 6.11. The highest BCUT2D eigenvalue weighted by Gasteiger charge is 2.19. The van der Waals surface area contributed by atoms with Crippen LogP contribution in [-0.2, 0) is 4.79 Å². The Morgan fingerprint density at radius 1 is 1.35 bits per heavy atom. The fraction of sp³-hybridized carbons (Fsp3) is 0.588. The van der Waals surface area contributed by atoms with Crippen LogP contribution in [0, 0.1) is 11.8 Å². The third kappa shape index (κ3) is 4.34. The van der Waals surface area contributed by atoms with Crippen LogP contribution in [0.4, 0.5) is 0 Å². The Morgan fingerprint density at radius 3 is 2.80 bits per heavy atom. The van der Waals surface area contributed by atoms with Crippen molar-refractivity contribution in [1.82, 2.24) is 5.32 Å². The van der Waals surface area contributed by atoms with Crippen molar-refractivity contribution < 1.29 is 4.79 Å². The minimum Gasteiger partial charge on any atom is -0.354 e. The molecule has 1 saturated carbocycles. The first kappa shape index (κ1) is 15.0. The van der Waals surface area contributed by atoms with Crippen LogP contribution < -0.4 is 11.1 Å². The molecule has 110 valence electrons. The van der Waals surface area contributed by atoms with E-state index in [2.05, 4.69) is 12.2 Å². The fourth-order valence-electron chi connectivity index (χ4n) is 3.14. The Bertz CT molecular complexity index is 418. The van der Waals surface area contributed by atoms with E-state index in [1.54, 1.807) is 0 Å². The van der Waals surface area contributed by atoms with Crippen molar-refractivity contribution in [2.24, 2.45) is 17.6 Å². The molecule has 3 N–H and O–H groups in total. The number of carbonyl (C=O) groups excluding carboxylic acids is 1. The molecule has 1 aromatic rings. The quantitative estimate of drug-likeness (QED) is 0.867. The summed E-state index contributed by atoms with van der Waals surface area (Å²) < 4.78 is 0. The predicted octanol–water partition coefficient (Wildman–Crippen LogP) is 3.02. The number of nitrogens with one attached hydrogen (secondary N) is 1. The molecule has 0 spiro atoms. The van der Waals surface area contributed by atoms with Crippen LogP contribution >= 0.6 is 0 Å². The largest absolute Gasteiger partial charge is 0.354 e. The molecule has 0 aromatic heterocycles. The summed E-state index contributed by atoms with van der Waals surface area (Å²) in [4.78, 5) is 12.0. The lowest BCUT2D eigenvalue weighted by atomic mass is 9.81. The fourth-order valence-corrected chi connectivity index (χ4v) is 3.14. The lowest BCUT2D eigenvalue weighted by Crippen LogP contribution is -2.35. The van der Waals surface area contributed by atoms with Crippen LogP contribution in [0.3, 0.4) is 0 Å². The SMILES string of the molecule is CC1CCCC(CCNC(=O)[C@H](N)c2ccccc2)C1. The monoisotopic (exact) mass is 274 g/mol. The maximum absolute atomic E-state index is 12.0. The average molecular weight is 274 g/mol. The number of benzene rings is 1. The molecule has 0 radical (unpaired) electrons. The van der Waals surface area contributed by atoms with Crippen LogP contribution in [0.15, 0.2) is 30.3 Å². The Balaban J connectivity index is 1.72. The van der Waals surface area contributed by atoms with Crippen molar-refractivity contribution in [1.29, 1.82) is 0 Å². The molecule has 1 aromatic carbocycles. The first-order valence-electron chi connectivity index (χ1n) is 7.75. The van der Waals surface area contributed by atoms with E-state index in [-0.39, 0.29) is 5.91 Å². The molecule has 2 unspecified atom stereocenters. The maximum Gasteiger partial charge on any atom is 0.241 e. The first-order chi connectivity index (χ1) is 9.66. The minimum absolute atomic E-state index is 0.0694. The van der Waals surface area contributed by atoms with Gasteiger partial charge in [0, 0.05) is 6.54 Å². The lowest BCUT2D eigenvalue weighted by Gasteiger charge is -2.26. The van der Waals surface area contributed by atoms with Crippen molar-refractivity contribution >= 4 is 5.91 Å². The number of hydrogen-bond acceptors (Lipinski definition) is 2. The van der Waals surface area contributed by atoms with Gasteiger partial charge < -0.3 is 11.1 Å². The average Bonchev–Trinajstić information content (AvgIpc) is 2.47. The van der Waals surface area contributed by atoms with E-state index in [4.69, 9.17) is 5.73 Å². The molecule has 2 rings (SSSR count). The van der Waals surface area contributed by atoms with Crippen molar-refractivity contribution in [3.05, 3.63) is 35.9 Å². The van der Waals surface area contributed by atoms with Crippen LogP contribution in [0.2, 0.25) is 0 Å². The Hall–Kier alpha value is -1.35. The summed E-state index contributed by atoms with van der Waals surface area (Å²) in [5.74, 6) is 1.54. The van der Waals surface area contributed by atoms with Crippen LogP contribution in [-0.4, -0.2) is 12.5 Å². The van der Waals surface area contributed by atoms with E-state index < -0.39 is 6.04 Å². The van der Waals surface area contributed by atoms with Gasteiger partial charge in [-0.15, -0.1) is 0 Å². The van der Waals surface area contributed by atoms with Crippen molar-refractivity contribution in [2.75, 3.05) is 6.54 Å². The zero-order valence-electron chi connectivity index (χ0n) is 12.3. The third-order valence-corrected chi connectivity index (χ3v) is 4.34. The highest BCUT2D eigenvalue weighted by Crippen LogP contribution is 2.30. The first-order valence-corrected chi connectivity index (χ1v) is 7.75. The van der Waals surface area contributed by atoms with E-state index in [0.29, 0.717) is 0 Å². The van der Waals surface area contributed by atoms with E-state index >= 15 is 0 Å². The number of nitrogens with two attached hydrogens (primary N) is 1. The molecule has 0 bridgehead atoms. The Kier molecular flexibility index (Phi) is 5.60. The molecule has 1 fully saturated rings. The van der Waals surface area contributed by atoms with Gasteiger partial charge in [0.05, 0.1) is 0 Å². The van der Waals surface area contributed by atoms with E-state index in [9.17, 15) is 4.79 Å².